The first kappa shape index (κ1) is 25.9. The van der Waals surface area contributed by atoms with Gasteiger partial charge in [0.2, 0.25) is 17.7 Å². The molecule has 3 saturated heterocycles. The normalized spacial score (nSPS) is 22.1. The van der Waals surface area contributed by atoms with Crippen LogP contribution in [0.3, 0.4) is 0 Å². The maximum atomic E-state index is 14.1. The van der Waals surface area contributed by atoms with E-state index in [4.69, 9.17) is 14.2 Å². The second kappa shape index (κ2) is 11.4. The predicted octanol–water partition coefficient (Wildman–Crippen LogP) is 3.53. The zero-order valence-corrected chi connectivity index (χ0v) is 21.7. The molecule has 208 valence electrons. The van der Waals surface area contributed by atoms with Crippen molar-refractivity contribution in [3.63, 3.8) is 0 Å². The molecule has 3 fully saturated rings. The van der Waals surface area contributed by atoms with Crippen LogP contribution in [0.15, 0.2) is 30.3 Å². The highest BCUT2D eigenvalue weighted by Gasteiger charge is 2.31. The van der Waals surface area contributed by atoms with Gasteiger partial charge >= 0.3 is 0 Å². The third-order valence-corrected chi connectivity index (χ3v) is 7.44. The number of amides is 1. The highest BCUT2D eigenvalue weighted by molar-refractivity contribution is 5.78. The van der Waals surface area contributed by atoms with Crippen molar-refractivity contribution in [1.82, 2.24) is 24.4 Å². The Bertz CT molecular complexity index is 1310. The zero-order chi connectivity index (χ0) is 26.8. The number of imidazole rings is 1. The first-order chi connectivity index (χ1) is 19.0. The molecule has 5 heterocycles. The number of benzene rings is 1. The Hall–Kier alpha value is -3.38. The van der Waals surface area contributed by atoms with Gasteiger partial charge in [-0.2, -0.15) is 9.97 Å². The first-order valence-corrected chi connectivity index (χ1v) is 13.6. The van der Waals surface area contributed by atoms with E-state index in [0.717, 1.165) is 19.3 Å². The van der Waals surface area contributed by atoms with Crippen LogP contribution < -0.4 is 9.64 Å². The van der Waals surface area contributed by atoms with Gasteiger partial charge in [0.1, 0.15) is 11.9 Å². The minimum atomic E-state index is -2.80. The van der Waals surface area contributed by atoms with Crippen LogP contribution in [-0.4, -0.2) is 88.5 Å². The quantitative estimate of drug-likeness (QED) is 0.448. The summed E-state index contributed by atoms with van der Waals surface area (Å²) < 4.78 is 47.0. The molecule has 2 atom stereocenters. The van der Waals surface area contributed by atoms with E-state index >= 15 is 0 Å². The standard InChI is InChI=1S/C27H32F2N6O4/c28-25(29)26-30-20-6-1-2-7-21(20)35(26)22-16-23(32-27(31-22)33-10-13-37-14-11-33)39-19-8-9-34(17-19)24(36)15-18-5-3-4-12-38-18/h1-2,6-7,16,18-19,25H,3-5,8-15,17H2/t18?,19-/m0/s1. The number of para-hydroxylation sites is 2. The molecule has 0 spiro atoms. The molecule has 0 radical (unpaired) electrons. The van der Waals surface area contributed by atoms with E-state index in [1.807, 2.05) is 9.80 Å². The summed E-state index contributed by atoms with van der Waals surface area (Å²) in [6.45, 7) is 3.92. The SMILES string of the molecule is O=C(CC1CCCCO1)N1CC[C@H](Oc2cc(-n3c(C(F)F)nc4ccccc43)nc(N3CCOCC3)n2)C1. The molecule has 0 bridgehead atoms. The minimum Gasteiger partial charge on any atom is -0.472 e. The van der Waals surface area contributed by atoms with E-state index < -0.39 is 12.2 Å². The number of nitrogens with zero attached hydrogens (tertiary/aromatic N) is 6. The number of fused-ring (bicyclic) bond motifs is 1. The molecule has 2 aromatic heterocycles. The topological polar surface area (TPSA) is 94.8 Å². The van der Waals surface area contributed by atoms with Crippen LogP contribution in [0.4, 0.5) is 14.7 Å². The number of aromatic nitrogens is 4. The largest absolute Gasteiger partial charge is 0.472 e. The number of carbonyl (C=O) groups is 1. The number of ether oxygens (including phenoxy) is 3. The second-order valence-electron chi connectivity index (χ2n) is 10.1. The monoisotopic (exact) mass is 542 g/mol. The molecular formula is C27H32F2N6O4. The molecule has 0 aliphatic carbocycles. The van der Waals surface area contributed by atoms with Crippen molar-refractivity contribution < 1.29 is 27.8 Å². The van der Waals surface area contributed by atoms with Crippen molar-refractivity contribution in [3.8, 4) is 11.7 Å². The van der Waals surface area contributed by atoms with Crippen LogP contribution in [0, 0.1) is 0 Å². The Balaban J connectivity index is 1.27. The van der Waals surface area contributed by atoms with Crippen molar-refractivity contribution in [2.24, 2.45) is 0 Å². The lowest BCUT2D eigenvalue weighted by atomic mass is 10.1. The van der Waals surface area contributed by atoms with Gasteiger partial charge < -0.3 is 24.0 Å². The van der Waals surface area contributed by atoms with E-state index in [0.29, 0.717) is 75.8 Å². The van der Waals surface area contributed by atoms with Gasteiger partial charge in [-0.25, -0.2) is 13.8 Å². The van der Waals surface area contributed by atoms with Crippen LogP contribution in [0.5, 0.6) is 5.88 Å². The minimum absolute atomic E-state index is 0.0132. The highest BCUT2D eigenvalue weighted by atomic mass is 19.3. The molecule has 1 unspecified atom stereocenters. The number of likely N-dealkylation sites (tertiary alicyclic amines) is 1. The van der Waals surface area contributed by atoms with Gasteiger partial charge in [-0.05, 0) is 31.4 Å². The lowest BCUT2D eigenvalue weighted by Gasteiger charge is -2.27. The summed E-state index contributed by atoms with van der Waals surface area (Å²) in [6, 6.07) is 8.55. The fourth-order valence-corrected chi connectivity index (χ4v) is 5.43. The Kier molecular flexibility index (Phi) is 7.55. The maximum absolute atomic E-state index is 14.1. The summed E-state index contributed by atoms with van der Waals surface area (Å²) in [5.74, 6) is 0.581. The molecule has 10 nitrogen and oxygen atoms in total. The number of rotatable bonds is 7. The van der Waals surface area contributed by atoms with Gasteiger partial charge in [0.05, 0.1) is 43.3 Å². The van der Waals surface area contributed by atoms with Crippen LogP contribution in [-0.2, 0) is 14.3 Å². The van der Waals surface area contributed by atoms with E-state index in [2.05, 4.69) is 15.0 Å². The number of morpholine rings is 1. The van der Waals surface area contributed by atoms with Crippen molar-refractivity contribution >= 4 is 22.9 Å². The zero-order valence-electron chi connectivity index (χ0n) is 21.7. The van der Waals surface area contributed by atoms with Gasteiger partial charge in [0.15, 0.2) is 5.82 Å². The van der Waals surface area contributed by atoms with Crippen molar-refractivity contribution in [1.29, 1.82) is 0 Å². The van der Waals surface area contributed by atoms with E-state index in [1.54, 1.807) is 30.3 Å². The van der Waals surface area contributed by atoms with Crippen LogP contribution in [0.2, 0.25) is 0 Å². The van der Waals surface area contributed by atoms with Gasteiger partial charge in [-0.3, -0.25) is 9.36 Å². The molecule has 6 rings (SSSR count). The molecule has 39 heavy (non-hydrogen) atoms. The smallest absolute Gasteiger partial charge is 0.296 e. The number of alkyl halides is 2. The lowest BCUT2D eigenvalue weighted by Crippen LogP contribution is -2.37. The van der Waals surface area contributed by atoms with Gasteiger partial charge in [-0.1, -0.05) is 12.1 Å². The van der Waals surface area contributed by atoms with Gasteiger partial charge in [0.25, 0.3) is 6.43 Å². The summed E-state index contributed by atoms with van der Waals surface area (Å²) >= 11 is 0. The molecule has 1 aromatic carbocycles. The Labute approximate surface area is 224 Å². The summed E-state index contributed by atoms with van der Waals surface area (Å²) in [7, 11) is 0. The van der Waals surface area contributed by atoms with E-state index in [-0.39, 0.29) is 29.8 Å². The molecule has 0 N–H and O–H groups in total. The first-order valence-electron chi connectivity index (χ1n) is 13.6. The Morgan fingerprint density at radius 3 is 2.69 bits per heavy atom. The van der Waals surface area contributed by atoms with Gasteiger partial charge in [-0.15, -0.1) is 0 Å². The predicted molar refractivity (Wildman–Crippen MR) is 138 cm³/mol. The van der Waals surface area contributed by atoms with Crippen LogP contribution in [0.25, 0.3) is 16.9 Å². The van der Waals surface area contributed by atoms with Crippen LogP contribution >= 0.6 is 0 Å². The number of hydrogen-bond donors (Lipinski definition) is 0. The molecular weight excluding hydrogens is 510 g/mol. The third kappa shape index (κ3) is 5.67. The fourth-order valence-electron chi connectivity index (χ4n) is 5.43. The maximum Gasteiger partial charge on any atom is 0.296 e. The van der Waals surface area contributed by atoms with E-state index in [9.17, 15) is 13.6 Å². The highest BCUT2D eigenvalue weighted by Crippen LogP contribution is 2.30. The number of halogens is 2. The Morgan fingerprint density at radius 1 is 1.05 bits per heavy atom. The van der Waals surface area contributed by atoms with Crippen LogP contribution in [0.1, 0.15) is 44.4 Å². The summed E-state index contributed by atoms with van der Waals surface area (Å²) in [6.07, 6.45) is 1.00. The number of hydrogen-bond acceptors (Lipinski definition) is 8. The lowest BCUT2D eigenvalue weighted by molar-refractivity contribution is -0.134. The average Bonchev–Trinajstić information content (AvgIpc) is 3.59. The van der Waals surface area contributed by atoms with E-state index in [1.165, 1.54) is 4.57 Å². The summed E-state index contributed by atoms with van der Waals surface area (Å²) in [4.78, 5) is 30.1. The van der Waals surface area contributed by atoms with Crippen molar-refractivity contribution in [2.45, 2.75) is 50.7 Å². The molecule has 12 heteroatoms. The molecule has 1 amide bonds. The number of carbonyl (C=O) groups excluding carboxylic acids is 1. The average molecular weight is 543 g/mol. The number of anilines is 1. The Morgan fingerprint density at radius 2 is 1.90 bits per heavy atom. The second-order valence-corrected chi connectivity index (χ2v) is 10.1. The molecule has 3 aliphatic heterocycles. The molecule has 0 saturated carbocycles. The van der Waals surface area contributed by atoms with Gasteiger partial charge in [0, 0.05) is 38.7 Å². The van der Waals surface area contributed by atoms with Crippen molar-refractivity contribution in [3.05, 3.63) is 36.2 Å². The summed E-state index contributed by atoms with van der Waals surface area (Å²) in [5, 5.41) is 0. The molecule has 3 aromatic rings. The molecule has 3 aliphatic rings. The third-order valence-electron chi connectivity index (χ3n) is 7.44. The van der Waals surface area contributed by atoms with Crippen molar-refractivity contribution in [2.75, 3.05) is 50.9 Å². The summed E-state index contributed by atoms with van der Waals surface area (Å²) in [5.41, 5.74) is 0.974. The fraction of sp³-hybridized carbons (Fsp3) is 0.556.